The van der Waals surface area contributed by atoms with E-state index in [-0.39, 0.29) is 17.9 Å². The van der Waals surface area contributed by atoms with Crippen molar-refractivity contribution in [2.24, 2.45) is 5.92 Å². The third-order valence-electron chi connectivity index (χ3n) is 4.51. The van der Waals surface area contributed by atoms with Gasteiger partial charge in [0.15, 0.2) is 0 Å². The molecule has 1 amide bonds. The van der Waals surface area contributed by atoms with Gasteiger partial charge in [0.25, 0.3) is 0 Å². The Morgan fingerprint density at radius 1 is 1.38 bits per heavy atom. The lowest BCUT2D eigenvalue weighted by Gasteiger charge is -2.23. The number of hydrogen-bond donors (Lipinski definition) is 1. The Bertz CT molecular complexity index is 673. The Morgan fingerprint density at radius 3 is 2.88 bits per heavy atom. The Labute approximate surface area is 140 Å². The van der Waals surface area contributed by atoms with Crippen molar-refractivity contribution in [1.82, 2.24) is 20.0 Å². The molecule has 0 saturated heterocycles. The molecule has 2 aromatic rings. The van der Waals surface area contributed by atoms with Crippen molar-refractivity contribution >= 4 is 5.91 Å². The van der Waals surface area contributed by atoms with Gasteiger partial charge in [-0.2, -0.15) is 4.98 Å². The molecule has 1 saturated carbocycles. The molecule has 2 unspecified atom stereocenters. The summed E-state index contributed by atoms with van der Waals surface area (Å²) in [4.78, 5) is 22.2. The topological polar surface area (TPSA) is 92.3 Å². The van der Waals surface area contributed by atoms with E-state index in [4.69, 9.17) is 4.52 Å². The zero-order valence-electron chi connectivity index (χ0n) is 13.8. The van der Waals surface area contributed by atoms with Crippen LogP contribution in [0.5, 0.6) is 0 Å². The molecule has 1 aliphatic rings. The minimum atomic E-state index is -0.279. The van der Waals surface area contributed by atoms with E-state index in [1.165, 1.54) is 0 Å². The molecule has 128 valence electrons. The minimum Gasteiger partial charge on any atom is -0.393 e. The third kappa shape index (κ3) is 3.97. The number of hydrogen-bond acceptors (Lipinski definition) is 6. The molecule has 1 N–H and O–H groups in total. The van der Waals surface area contributed by atoms with Crippen LogP contribution in [0.3, 0.4) is 0 Å². The van der Waals surface area contributed by atoms with Gasteiger partial charge in [0.2, 0.25) is 17.6 Å². The number of pyridine rings is 1. The van der Waals surface area contributed by atoms with Crippen molar-refractivity contribution in [3.8, 4) is 11.4 Å². The highest BCUT2D eigenvalue weighted by atomic mass is 16.5. The zero-order valence-corrected chi connectivity index (χ0v) is 13.8. The van der Waals surface area contributed by atoms with E-state index in [2.05, 4.69) is 15.1 Å². The van der Waals surface area contributed by atoms with Gasteiger partial charge in [-0.05, 0) is 25.0 Å². The molecule has 0 aromatic carbocycles. The summed E-state index contributed by atoms with van der Waals surface area (Å²) in [5, 5.41) is 13.8. The van der Waals surface area contributed by atoms with Crippen LogP contribution in [-0.4, -0.2) is 50.7 Å². The average Bonchev–Trinajstić information content (AvgIpc) is 3.23. The van der Waals surface area contributed by atoms with Gasteiger partial charge in [-0.1, -0.05) is 11.6 Å². The summed E-state index contributed by atoms with van der Waals surface area (Å²) in [5.74, 6) is 1.17. The van der Waals surface area contributed by atoms with Gasteiger partial charge in [0, 0.05) is 50.3 Å². The fourth-order valence-electron chi connectivity index (χ4n) is 3.06. The number of aryl methyl sites for hydroxylation is 1. The van der Waals surface area contributed by atoms with Crippen molar-refractivity contribution in [1.29, 1.82) is 0 Å². The molecule has 2 aromatic heterocycles. The lowest BCUT2D eigenvalue weighted by atomic mass is 10.1. The molecule has 7 nitrogen and oxygen atoms in total. The van der Waals surface area contributed by atoms with Crippen LogP contribution >= 0.6 is 0 Å². The quantitative estimate of drug-likeness (QED) is 0.866. The van der Waals surface area contributed by atoms with Gasteiger partial charge in [0.05, 0.1) is 6.10 Å². The second kappa shape index (κ2) is 7.53. The number of carbonyl (C=O) groups excluding carboxylic acids is 1. The zero-order chi connectivity index (χ0) is 16.9. The molecule has 3 rings (SSSR count). The number of aliphatic hydroxyl groups excluding tert-OH is 1. The second-order valence-electron chi connectivity index (χ2n) is 6.28. The predicted molar refractivity (Wildman–Crippen MR) is 86.8 cm³/mol. The van der Waals surface area contributed by atoms with E-state index in [0.29, 0.717) is 31.1 Å². The van der Waals surface area contributed by atoms with Gasteiger partial charge in [-0.15, -0.1) is 0 Å². The fourth-order valence-corrected chi connectivity index (χ4v) is 3.06. The number of carbonyl (C=O) groups is 1. The van der Waals surface area contributed by atoms with Crippen molar-refractivity contribution in [2.75, 3.05) is 13.6 Å². The Kier molecular flexibility index (Phi) is 5.20. The van der Waals surface area contributed by atoms with E-state index in [1.807, 2.05) is 0 Å². The highest BCUT2D eigenvalue weighted by molar-refractivity contribution is 5.76. The van der Waals surface area contributed by atoms with Crippen LogP contribution in [0.2, 0.25) is 0 Å². The van der Waals surface area contributed by atoms with Crippen LogP contribution in [0, 0.1) is 5.92 Å². The van der Waals surface area contributed by atoms with Gasteiger partial charge in [-0.3, -0.25) is 9.78 Å². The number of rotatable bonds is 6. The second-order valence-corrected chi connectivity index (χ2v) is 6.28. The van der Waals surface area contributed by atoms with Crippen LogP contribution in [-0.2, 0) is 11.2 Å². The SMILES string of the molecule is CN(CC1CCCC1O)C(=O)CCc1nc(-c2ccncc2)no1. The normalized spacial score (nSPS) is 20.2. The first-order valence-electron chi connectivity index (χ1n) is 8.28. The first-order chi connectivity index (χ1) is 11.6. The van der Waals surface area contributed by atoms with Crippen molar-refractivity contribution in [3.63, 3.8) is 0 Å². The number of amides is 1. The number of aromatic nitrogens is 3. The molecular formula is C17H22N4O3. The number of aliphatic hydroxyl groups is 1. The van der Waals surface area contributed by atoms with Gasteiger partial charge < -0.3 is 14.5 Å². The molecular weight excluding hydrogens is 308 g/mol. The van der Waals surface area contributed by atoms with Crippen LogP contribution in [0.4, 0.5) is 0 Å². The van der Waals surface area contributed by atoms with Crippen LogP contribution in [0.1, 0.15) is 31.6 Å². The first-order valence-corrected chi connectivity index (χ1v) is 8.28. The van der Waals surface area contributed by atoms with Crippen LogP contribution in [0.15, 0.2) is 29.0 Å². The van der Waals surface area contributed by atoms with Gasteiger partial charge in [0.1, 0.15) is 0 Å². The summed E-state index contributed by atoms with van der Waals surface area (Å²) in [7, 11) is 1.78. The standard InChI is InChI=1S/C17H22N4O3/c1-21(11-13-3-2-4-14(13)22)16(23)6-5-15-19-17(20-24-15)12-7-9-18-10-8-12/h7-10,13-14,22H,2-6,11H2,1H3. The van der Waals surface area contributed by atoms with E-state index < -0.39 is 0 Å². The Morgan fingerprint density at radius 2 is 2.17 bits per heavy atom. The molecule has 2 heterocycles. The molecule has 2 atom stereocenters. The lowest BCUT2D eigenvalue weighted by Crippen LogP contribution is -2.34. The summed E-state index contributed by atoms with van der Waals surface area (Å²) in [6, 6.07) is 3.61. The van der Waals surface area contributed by atoms with Crippen molar-refractivity contribution < 1.29 is 14.4 Å². The molecule has 0 radical (unpaired) electrons. The van der Waals surface area contributed by atoms with Crippen LogP contribution < -0.4 is 0 Å². The smallest absolute Gasteiger partial charge is 0.227 e. The maximum absolute atomic E-state index is 12.2. The first kappa shape index (κ1) is 16.6. The van der Waals surface area contributed by atoms with Crippen molar-refractivity contribution in [2.45, 2.75) is 38.2 Å². The monoisotopic (exact) mass is 330 g/mol. The fraction of sp³-hybridized carbons (Fsp3) is 0.529. The molecule has 24 heavy (non-hydrogen) atoms. The summed E-state index contributed by atoms with van der Waals surface area (Å²) >= 11 is 0. The van der Waals surface area contributed by atoms with Crippen LogP contribution in [0.25, 0.3) is 11.4 Å². The van der Waals surface area contributed by atoms with Gasteiger partial charge >= 0.3 is 0 Å². The van der Waals surface area contributed by atoms with Crippen molar-refractivity contribution in [3.05, 3.63) is 30.4 Å². The molecule has 1 aliphatic carbocycles. The maximum atomic E-state index is 12.2. The number of nitrogens with zero attached hydrogens (tertiary/aromatic N) is 4. The highest BCUT2D eigenvalue weighted by Gasteiger charge is 2.27. The molecule has 0 bridgehead atoms. The Hall–Kier alpha value is -2.28. The minimum absolute atomic E-state index is 0.0257. The summed E-state index contributed by atoms with van der Waals surface area (Å²) in [6.07, 6.45) is 6.64. The molecule has 1 fully saturated rings. The summed E-state index contributed by atoms with van der Waals surface area (Å²) in [6.45, 7) is 0.603. The van der Waals surface area contributed by atoms with E-state index in [0.717, 1.165) is 24.8 Å². The predicted octanol–water partition coefficient (Wildman–Crippen LogP) is 1.68. The lowest BCUT2D eigenvalue weighted by molar-refractivity contribution is -0.130. The summed E-state index contributed by atoms with van der Waals surface area (Å²) < 4.78 is 5.21. The van der Waals surface area contributed by atoms with E-state index >= 15 is 0 Å². The van der Waals surface area contributed by atoms with E-state index in [1.54, 1.807) is 36.5 Å². The maximum Gasteiger partial charge on any atom is 0.227 e. The summed E-state index contributed by atoms with van der Waals surface area (Å²) in [5.41, 5.74) is 0.832. The highest BCUT2D eigenvalue weighted by Crippen LogP contribution is 2.26. The van der Waals surface area contributed by atoms with E-state index in [9.17, 15) is 9.90 Å². The Balaban J connectivity index is 1.50. The average molecular weight is 330 g/mol. The molecule has 7 heteroatoms. The molecule has 0 aliphatic heterocycles. The third-order valence-corrected chi connectivity index (χ3v) is 4.51. The molecule has 0 spiro atoms. The largest absolute Gasteiger partial charge is 0.393 e. The van der Waals surface area contributed by atoms with Gasteiger partial charge in [-0.25, -0.2) is 0 Å².